The number of aryl methyl sites for hydroxylation is 1. The summed E-state index contributed by atoms with van der Waals surface area (Å²) in [6.07, 6.45) is 2.72. The van der Waals surface area contributed by atoms with Gasteiger partial charge in [-0.05, 0) is 24.3 Å². The molecular formula is C18H14F2N2O2. The van der Waals surface area contributed by atoms with Crippen molar-refractivity contribution >= 4 is 22.9 Å². The van der Waals surface area contributed by atoms with E-state index < -0.39 is 17.5 Å². The van der Waals surface area contributed by atoms with E-state index >= 15 is 0 Å². The zero-order valence-corrected chi connectivity index (χ0v) is 12.8. The molecule has 0 spiro atoms. The lowest BCUT2D eigenvalue weighted by molar-refractivity contribution is -0.113. The molecule has 0 bridgehead atoms. The molecule has 0 radical (unpaired) electrons. The van der Waals surface area contributed by atoms with E-state index in [2.05, 4.69) is 0 Å². The third kappa shape index (κ3) is 2.86. The number of carbonyl (C=O) groups excluding carboxylic acids is 1. The molecule has 0 aliphatic heterocycles. The van der Waals surface area contributed by atoms with Gasteiger partial charge in [0.15, 0.2) is 11.6 Å². The zero-order valence-electron chi connectivity index (χ0n) is 12.8. The Morgan fingerprint density at radius 2 is 1.96 bits per heavy atom. The van der Waals surface area contributed by atoms with Crippen LogP contribution >= 0.6 is 0 Å². The first-order valence-electron chi connectivity index (χ1n) is 7.15. The summed E-state index contributed by atoms with van der Waals surface area (Å²) in [5.74, 6) is -1.91. The fourth-order valence-corrected chi connectivity index (χ4v) is 2.51. The van der Waals surface area contributed by atoms with Crippen molar-refractivity contribution in [1.82, 2.24) is 4.57 Å². The number of hydrogen-bond donors (Lipinski definition) is 1. The molecule has 6 heteroatoms. The molecule has 2 aromatic carbocycles. The fourth-order valence-electron chi connectivity index (χ4n) is 2.51. The Balaban J connectivity index is 2.17. The van der Waals surface area contributed by atoms with Crippen LogP contribution in [0.3, 0.4) is 0 Å². The molecular weight excluding hydrogens is 314 g/mol. The van der Waals surface area contributed by atoms with E-state index in [1.54, 1.807) is 11.6 Å². The molecule has 0 unspecified atom stereocenters. The molecule has 0 fully saturated rings. The maximum Gasteiger partial charge on any atom is 0.241 e. The third-order valence-corrected chi connectivity index (χ3v) is 3.61. The molecule has 4 nitrogen and oxygen atoms in total. The van der Waals surface area contributed by atoms with Gasteiger partial charge >= 0.3 is 0 Å². The first-order chi connectivity index (χ1) is 11.5. The number of rotatable bonds is 4. The number of primary amides is 1. The van der Waals surface area contributed by atoms with E-state index in [-0.39, 0.29) is 5.75 Å². The van der Waals surface area contributed by atoms with Crippen LogP contribution in [0.1, 0.15) is 5.56 Å². The Hall–Kier alpha value is -3.15. The number of nitrogens with two attached hydrogens (primary N) is 1. The molecule has 122 valence electrons. The highest BCUT2D eigenvalue weighted by atomic mass is 19.1. The number of benzene rings is 2. The van der Waals surface area contributed by atoms with Gasteiger partial charge in [-0.25, -0.2) is 8.78 Å². The normalized spacial score (nSPS) is 11.3. The Bertz CT molecular complexity index is 961. The maximum atomic E-state index is 13.9. The Morgan fingerprint density at radius 1 is 1.21 bits per heavy atom. The summed E-state index contributed by atoms with van der Waals surface area (Å²) in [4.78, 5) is 11.1. The summed E-state index contributed by atoms with van der Waals surface area (Å²) >= 11 is 0. The van der Waals surface area contributed by atoms with E-state index in [0.717, 1.165) is 23.0 Å². The van der Waals surface area contributed by atoms with Crippen molar-refractivity contribution in [3.05, 3.63) is 65.7 Å². The van der Waals surface area contributed by atoms with Crippen LogP contribution in [0, 0.1) is 11.6 Å². The van der Waals surface area contributed by atoms with Crippen molar-refractivity contribution in [3.8, 4) is 11.6 Å². The van der Waals surface area contributed by atoms with Crippen LogP contribution in [0.4, 0.5) is 8.78 Å². The molecule has 2 N–H and O–H groups in total. The van der Waals surface area contributed by atoms with E-state index in [0.29, 0.717) is 11.4 Å². The van der Waals surface area contributed by atoms with Crippen molar-refractivity contribution in [2.45, 2.75) is 0 Å². The van der Waals surface area contributed by atoms with Crippen LogP contribution in [-0.4, -0.2) is 10.5 Å². The SMILES string of the molecule is Cn1c(Oc2ccc(F)cc2F)c(/C=C\C(N)=O)c2ccccc21. The van der Waals surface area contributed by atoms with Gasteiger partial charge in [0.2, 0.25) is 11.8 Å². The number of fused-ring (bicyclic) bond motifs is 1. The lowest BCUT2D eigenvalue weighted by Crippen LogP contribution is -2.05. The molecule has 0 saturated carbocycles. The van der Waals surface area contributed by atoms with E-state index in [1.807, 2.05) is 24.3 Å². The average molecular weight is 328 g/mol. The first kappa shape index (κ1) is 15.7. The smallest absolute Gasteiger partial charge is 0.241 e. The number of amides is 1. The zero-order chi connectivity index (χ0) is 17.3. The number of aromatic nitrogens is 1. The summed E-state index contributed by atoms with van der Waals surface area (Å²) in [5.41, 5.74) is 6.57. The van der Waals surface area contributed by atoms with Gasteiger partial charge < -0.3 is 15.0 Å². The molecule has 0 atom stereocenters. The van der Waals surface area contributed by atoms with Gasteiger partial charge in [-0.15, -0.1) is 0 Å². The van der Waals surface area contributed by atoms with E-state index in [1.165, 1.54) is 18.2 Å². The third-order valence-electron chi connectivity index (χ3n) is 3.61. The summed E-state index contributed by atoms with van der Waals surface area (Å²) in [5, 5.41) is 0.815. The van der Waals surface area contributed by atoms with Crippen LogP contribution in [0.15, 0.2) is 48.5 Å². The molecule has 0 aliphatic rings. The van der Waals surface area contributed by atoms with E-state index in [4.69, 9.17) is 10.5 Å². The molecule has 0 saturated heterocycles. The Morgan fingerprint density at radius 3 is 2.67 bits per heavy atom. The number of ether oxygens (including phenoxy) is 1. The van der Waals surface area contributed by atoms with Gasteiger partial charge in [-0.3, -0.25) is 4.79 Å². The maximum absolute atomic E-state index is 13.9. The average Bonchev–Trinajstić information content (AvgIpc) is 2.81. The first-order valence-corrected chi connectivity index (χ1v) is 7.15. The van der Waals surface area contributed by atoms with Crippen LogP contribution in [-0.2, 0) is 11.8 Å². The second-order valence-electron chi connectivity index (χ2n) is 5.21. The van der Waals surface area contributed by atoms with Crippen molar-refractivity contribution in [2.24, 2.45) is 12.8 Å². The second-order valence-corrected chi connectivity index (χ2v) is 5.21. The van der Waals surface area contributed by atoms with Gasteiger partial charge in [0.1, 0.15) is 5.82 Å². The molecule has 3 rings (SSSR count). The monoisotopic (exact) mass is 328 g/mol. The van der Waals surface area contributed by atoms with Crippen molar-refractivity contribution in [3.63, 3.8) is 0 Å². The summed E-state index contributed by atoms with van der Waals surface area (Å²) in [6.45, 7) is 0. The summed E-state index contributed by atoms with van der Waals surface area (Å²) in [6, 6.07) is 10.5. The molecule has 24 heavy (non-hydrogen) atoms. The second kappa shape index (κ2) is 6.16. The predicted molar refractivity (Wildman–Crippen MR) is 87.6 cm³/mol. The van der Waals surface area contributed by atoms with Crippen molar-refractivity contribution in [2.75, 3.05) is 0 Å². The summed E-state index contributed by atoms with van der Waals surface area (Å²) < 4.78 is 34.3. The van der Waals surface area contributed by atoms with Crippen LogP contribution in [0.5, 0.6) is 11.6 Å². The molecule has 1 amide bonds. The minimum atomic E-state index is -0.815. The highest BCUT2D eigenvalue weighted by Crippen LogP contribution is 2.36. The lowest BCUT2D eigenvalue weighted by atomic mass is 10.1. The van der Waals surface area contributed by atoms with Gasteiger partial charge in [-0.2, -0.15) is 0 Å². The largest absolute Gasteiger partial charge is 0.437 e. The standard InChI is InChI=1S/C18H14F2N2O2/c1-22-15-5-3-2-4-12(15)13(7-9-17(21)23)18(22)24-16-8-6-11(19)10-14(16)20/h2-10H,1H3,(H2,21,23)/b9-7-. The van der Waals surface area contributed by atoms with Crippen molar-refractivity contribution in [1.29, 1.82) is 0 Å². The highest BCUT2D eigenvalue weighted by Gasteiger charge is 2.17. The predicted octanol–water partition coefficient (Wildman–Crippen LogP) is 3.75. The van der Waals surface area contributed by atoms with Gasteiger partial charge in [0, 0.05) is 30.1 Å². The van der Waals surface area contributed by atoms with Gasteiger partial charge in [-0.1, -0.05) is 18.2 Å². The van der Waals surface area contributed by atoms with Crippen LogP contribution in [0.2, 0.25) is 0 Å². The fraction of sp³-hybridized carbons (Fsp3) is 0.0556. The number of carbonyl (C=O) groups is 1. The number of nitrogens with zero attached hydrogens (tertiary/aromatic N) is 1. The quantitative estimate of drug-likeness (QED) is 0.742. The highest BCUT2D eigenvalue weighted by molar-refractivity contribution is 5.97. The van der Waals surface area contributed by atoms with Gasteiger partial charge in [0.25, 0.3) is 0 Å². The summed E-state index contributed by atoms with van der Waals surface area (Å²) in [7, 11) is 1.75. The Kier molecular flexibility index (Phi) is 4.04. The molecule has 1 heterocycles. The van der Waals surface area contributed by atoms with E-state index in [9.17, 15) is 13.6 Å². The molecule has 3 aromatic rings. The van der Waals surface area contributed by atoms with Gasteiger partial charge in [0.05, 0.1) is 5.52 Å². The van der Waals surface area contributed by atoms with Crippen molar-refractivity contribution < 1.29 is 18.3 Å². The number of para-hydroxylation sites is 1. The topological polar surface area (TPSA) is 57.2 Å². The minimum Gasteiger partial charge on any atom is -0.437 e. The van der Waals surface area contributed by atoms with Crippen LogP contribution < -0.4 is 10.5 Å². The minimum absolute atomic E-state index is 0.115. The Labute approximate surface area is 136 Å². The van der Waals surface area contributed by atoms with Crippen LogP contribution in [0.25, 0.3) is 17.0 Å². The molecule has 1 aromatic heterocycles. The number of halogens is 2. The molecule has 0 aliphatic carbocycles. The number of hydrogen-bond acceptors (Lipinski definition) is 2. The lowest BCUT2D eigenvalue weighted by Gasteiger charge is -2.09.